The van der Waals surface area contributed by atoms with Crippen LogP contribution in [0.15, 0.2) is 17.5 Å². The minimum absolute atomic E-state index is 0.656. The molecule has 0 bridgehead atoms. The maximum absolute atomic E-state index is 10.6. The summed E-state index contributed by atoms with van der Waals surface area (Å²) >= 11 is 1.85. The molecule has 1 fully saturated rings. The first-order valence-corrected chi connectivity index (χ1v) is 10.9. The molecule has 0 aromatic carbocycles. The molecule has 0 radical (unpaired) electrons. The van der Waals surface area contributed by atoms with Crippen molar-refractivity contribution in [3.05, 3.63) is 39.3 Å². The van der Waals surface area contributed by atoms with Gasteiger partial charge in [-0.1, -0.05) is 6.07 Å². The summed E-state index contributed by atoms with van der Waals surface area (Å²) in [6.07, 6.45) is -1.22. The number of aromatic nitrogens is 2. The number of fused-ring (bicyclic) bond motifs is 1. The summed E-state index contributed by atoms with van der Waals surface area (Å²) in [6, 6.07) is 4.38. The van der Waals surface area contributed by atoms with Crippen molar-refractivity contribution in [1.29, 1.82) is 0 Å². The quantitative estimate of drug-likeness (QED) is 0.696. The molecule has 0 amide bonds. The van der Waals surface area contributed by atoms with Crippen LogP contribution in [-0.2, 0) is 42.2 Å². The van der Waals surface area contributed by atoms with Gasteiger partial charge >= 0.3 is 12.1 Å². The van der Waals surface area contributed by atoms with Crippen LogP contribution in [0.5, 0.6) is 0 Å². The van der Waals surface area contributed by atoms with Crippen molar-refractivity contribution in [3.63, 3.8) is 0 Å². The van der Waals surface area contributed by atoms with Gasteiger partial charge in [-0.2, -0.15) is 18.3 Å². The second-order valence-electron chi connectivity index (χ2n) is 7.48. The Labute approximate surface area is 177 Å². The molecule has 2 aromatic heterocycles. The van der Waals surface area contributed by atoms with Gasteiger partial charge in [0, 0.05) is 55.3 Å². The zero-order valence-electron chi connectivity index (χ0n) is 16.8. The van der Waals surface area contributed by atoms with Gasteiger partial charge in [0.2, 0.25) is 0 Å². The van der Waals surface area contributed by atoms with E-state index in [4.69, 9.17) is 19.7 Å². The van der Waals surface area contributed by atoms with Crippen molar-refractivity contribution in [3.8, 4) is 0 Å². The highest BCUT2D eigenvalue weighted by Crippen LogP contribution is 2.33. The molecule has 0 spiro atoms. The molecule has 2 aliphatic rings. The van der Waals surface area contributed by atoms with Crippen molar-refractivity contribution in [2.75, 3.05) is 13.2 Å². The number of aliphatic carboxylic acids is 1. The maximum atomic E-state index is 10.6. The molecular formula is C20H26F3N3O3S. The average Bonchev–Trinajstić information content (AvgIpc) is 3.24. The van der Waals surface area contributed by atoms with Crippen LogP contribution in [0.4, 0.5) is 13.2 Å². The largest absolute Gasteiger partial charge is 0.490 e. The van der Waals surface area contributed by atoms with Gasteiger partial charge in [0.15, 0.2) is 0 Å². The summed E-state index contributed by atoms with van der Waals surface area (Å²) in [7, 11) is 0. The summed E-state index contributed by atoms with van der Waals surface area (Å²) in [6.45, 7) is 7.78. The summed E-state index contributed by atoms with van der Waals surface area (Å²) < 4.78 is 39.7. The molecule has 1 aliphatic carbocycles. The van der Waals surface area contributed by atoms with E-state index in [0.29, 0.717) is 6.61 Å². The Bertz CT molecular complexity index is 832. The third-order valence-electron chi connectivity index (χ3n) is 5.07. The topological polar surface area (TPSA) is 67.6 Å². The van der Waals surface area contributed by atoms with Gasteiger partial charge in [0.1, 0.15) is 0 Å². The van der Waals surface area contributed by atoms with Crippen LogP contribution in [0, 0.1) is 5.92 Å². The van der Waals surface area contributed by atoms with Crippen LogP contribution >= 0.6 is 11.3 Å². The number of alkyl halides is 3. The molecule has 0 atom stereocenters. The third kappa shape index (κ3) is 6.29. The molecule has 30 heavy (non-hydrogen) atoms. The van der Waals surface area contributed by atoms with Gasteiger partial charge in [0.25, 0.3) is 0 Å². The highest BCUT2D eigenvalue weighted by molar-refractivity contribution is 7.09. The number of carbonyl (C=O) groups is 1. The van der Waals surface area contributed by atoms with Crippen LogP contribution in [-0.4, -0.2) is 45.1 Å². The fourth-order valence-electron chi connectivity index (χ4n) is 3.39. The molecule has 1 aliphatic heterocycles. The normalized spacial score (nSPS) is 16.7. The molecule has 0 unspecified atom stereocenters. The fourth-order valence-corrected chi connectivity index (χ4v) is 4.13. The lowest BCUT2D eigenvalue weighted by atomic mass is 10.0. The number of carboxylic acids is 1. The van der Waals surface area contributed by atoms with Crippen LogP contribution in [0.2, 0.25) is 0 Å². The lowest BCUT2D eigenvalue weighted by molar-refractivity contribution is -0.192. The maximum Gasteiger partial charge on any atom is 0.490 e. The van der Waals surface area contributed by atoms with Crippen molar-refractivity contribution in [1.82, 2.24) is 14.7 Å². The van der Waals surface area contributed by atoms with E-state index in [2.05, 4.69) is 34.0 Å². The Balaban J connectivity index is 0.000000318. The Morgan fingerprint density at radius 2 is 2.13 bits per heavy atom. The van der Waals surface area contributed by atoms with E-state index >= 15 is 0 Å². The molecule has 3 heterocycles. The fraction of sp³-hybridized carbons (Fsp3) is 0.600. The van der Waals surface area contributed by atoms with Crippen molar-refractivity contribution < 1.29 is 27.8 Å². The Hall–Kier alpha value is -1.91. The van der Waals surface area contributed by atoms with E-state index in [1.54, 1.807) is 0 Å². The van der Waals surface area contributed by atoms with Crippen LogP contribution in [0.25, 0.3) is 0 Å². The lowest BCUT2D eigenvalue weighted by Gasteiger charge is -2.27. The predicted molar refractivity (Wildman–Crippen MR) is 106 cm³/mol. The number of ether oxygens (including phenoxy) is 1. The third-order valence-corrected chi connectivity index (χ3v) is 5.93. The zero-order chi connectivity index (χ0) is 21.7. The zero-order valence-corrected chi connectivity index (χ0v) is 17.6. The summed E-state index contributed by atoms with van der Waals surface area (Å²) in [5, 5.41) is 14.2. The van der Waals surface area contributed by atoms with Gasteiger partial charge in [-0.3, -0.25) is 9.58 Å². The van der Waals surface area contributed by atoms with Gasteiger partial charge in [0.05, 0.1) is 12.3 Å². The summed E-state index contributed by atoms with van der Waals surface area (Å²) in [4.78, 5) is 12.9. The standard InChI is InChI=1S/C18H25N3OS.C2HF3O2/c1-2-22-13-17-16-12-20(11-15-4-3-9-23-15)8-7-18(16)21(19-17)10-14-5-6-14;3-2(4,5)1(6)7/h3-4,9,14H,2,5-8,10-13H2,1H3;(H,6,7). The van der Waals surface area contributed by atoms with Crippen LogP contribution in [0.1, 0.15) is 41.6 Å². The first-order chi connectivity index (χ1) is 14.3. The highest BCUT2D eigenvalue weighted by atomic mass is 32.1. The van der Waals surface area contributed by atoms with E-state index in [1.807, 2.05) is 11.3 Å². The molecule has 2 aromatic rings. The SMILES string of the molecule is CCOCc1nn(CC2CC2)c2c1CN(Cc1cccs1)CC2.O=C(O)C(F)(F)F. The number of nitrogens with zero attached hydrogens (tertiary/aromatic N) is 3. The second kappa shape index (κ2) is 9.93. The van der Waals surface area contributed by atoms with E-state index in [9.17, 15) is 13.2 Å². The molecule has 6 nitrogen and oxygen atoms in total. The summed E-state index contributed by atoms with van der Waals surface area (Å²) in [5.41, 5.74) is 4.06. The van der Waals surface area contributed by atoms with Gasteiger partial charge in [-0.05, 0) is 37.1 Å². The Kier molecular flexibility index (Phi) is 7.54. The number of carboxylic acid groups (broad SMARTS) is 1. The van der Waals surface area contributed by atoms with Gasteiger partial charge in [-0.25, -0.2) is 4.79 Å². The number of rotatable bonds is 7. The number of thiophene rings is 1. The minimum Gasteiger partial charge on any atom is -0.475 e. The number of hydrogen-bond donors (Lipinski definition) is 1. The minimum atomic E-state index is -5.08. The van der Waals surface area contributed by atoms with Gasteiger partial charge in [-0.15, -0.1) is 11.3 Å². The van der Waals surface area contributed by atoms with Crippen molar-refractivity contribution >= 4 is 17.3 Å². The summed E-state index contributed by atoms with van der Waals surface area (Å²) in [5.74, 6) is -1.89. The van der Waals surface area contributed by atoms with Crippen LogP contribution < -0.4 is 0 Å². The molecule has 0 saturated heterocycles. The monoisotopic (exact) mass is 445 g/mol. The lowest BCUT2D eigenvalue weighted by Crippen LogP contribution is -2.31. The van der Waals surface area contributed by atoms with Crippen molar-refractivity contribution in [2.45, 2.75) is 58.6 Å². The van der Waals surface area contributed by atoms with E-state index in [0.717, 1.165) is 45.1 Å². The average molecular weight is 446 g/mol. The molecule has 1 saturated carbocycles. The highest BCUT2D eigenvalue weighted by Gasteiger charge is 2.38. The number of halogens is 3. The second-order valence-corrected chi connectivity index (χ2v) is 8.51. The Morgan fingerprint density at radius 1 is 1.40 bits per heavy atom. The van der Waals surface area contributed by atoms with Crippen molar-refractivity contribution in [2.24, 2.45) is 5.92 Å². The van der Waals surface area contributed by atoms with Crippen LogP contribution in [0.3, 0.4) is 0 Å². The first-order valence-electron chi connectivity index (χ1n) is 9.98. The predicted octanol–water partition coefficient (Wildman–Crippen LogP) is 4.08. The smallest absolute Gasteiger partial charge is 0.475 e. The molecule has 166 valence electrons. The first kappa shape index (κ1) is 22.8. The Morgan fingerprint density at radius 3 is 2.70 bits per heavy atom. The molecular weight excluding hydrogens is 419 g/mol. The van der Waals surface area contributed by atoms with E-state index in [-0.39, 0.29) is 0 Å². The molecule has 1 N–H and O–H groups in total. The number of hydrogen-bond acceptors (Lipinski definition) is 5. The molecule has 4 rings (SSSR count). The van der Waals surface area contributed by atoms with E-state index < -0.39 is 12.1 Å². The van der Waals surface area contributed by atoms with E-state index in [1.165, 1.54) is 34.7 Å². The van der Waals surface area contributed by atoms with Gasteiger partial charge < -0.3 is 9.84 Å². The molecule has 10 heteroatoms.